The number of rotatable bonds is 8. The second-order valence-corrected chi connectivity index (χ2v) is 8.73. The van der Waals surface area contributed by atoms with Crippen molar-refractivity contribution in [2.75, 3.05) is 23.7 Å². The van der Waals surface area contributed by atoms with Crippen molar-refractivity contribution in [2.45, 2.75) is 31.9 Å². The smallest absolute Gasteiger partial charge is 0.266 e. The molecule has 8 heteroatoms. The summed E-state index contributed by atoms with van der Waals surface area (Å²) in [5.74, 6) is -1.52. The third-order valence-corrected chi connectivity index (χ3v) is 6.50. The monoisotopic (exact) mass is 490 g/mol. The number of hydrogen-bond acceptors (Lipinski definition) is 6. The molecule has 2 aliphatic heterocycles. The third-order valence-electron chi connectivity index (χ3n) is 6.50. The first kappa shape index (κ1) is 23.8. The number of unbranched alkanes of at least 4 members (excludes halogenated alkanes) is 1. The average molecular weight is 491 g/mol. The molecular formula is C28H27FN2O5. The van der Waals surface area contributed by atoms with Crippen LogP contribution in [0.4, 0.5) is 15.8 Å². The number of carbonyl (C=O) groups is 2. The number of fused-ring (bicyclic) bond motifs is 1. The molecule has 186 valence electrons. The molecule has 3 unspecified atom stereocenters. The fraction of sp³-hybridized carbons (Fsp3) is 0.286. The van der Waals surface area contributed by atoms with Gasteiger partial charge in [-0.2, -0.15) is 0 Å². The summed E-state index contributed by atoms with van der Waals surface area (Å²) in [4.78, 5) is 34.1. The number of carbonyl (C=O) groups excluding carboxylic acids is 2. The van der Waals surface area contributed by atoms with Crippen LogP contribution in [-0.4, -0.2) is 31.6 Å². The van der Waals surface area contributed by atoms with Gasteiger partial charge in [0.25, 0.3) is 5.91 Å². The van der Waals surface area contributed by atoms with Gasteiger partial charge in [0.05, 0.1) is 31.1 Å². The van der Waals surface area contributed by atoms with Gasteiger partial charge in [0.2, 0.25) is 5.91 Å². The summed E-state index contributed by atoms with van der Waals surface area (Å²) < 4.78 is 26.0. The molecule has 3 atom stereocenters. The molecule has 0 saturated carbocycles. The number of imide groups is 1. The Kier molecular flexibility index (Phi) is 6.61. The van der Waals surface area contributed by atoms with Gasteiger partial charge in [-0.1, -0.05) is 49.7 Å². The molecule has 2 heterocycles. The van der Waals surface area contributed by atoms with Crippen molar-refractivity contribution in [1.82, 2.24) is 0 Å². The molecule has 36 heavy (non-hydrogen) atoms. The number of methoxy groups -OCH3 is 1. The number of anilines is 2. The van der Waals surface area contributed by atoms with E-state index in [9.17, 15) is 14.0 Å². The molecule has 7 nitrogen and oxygen atoms in total. The van der Waals surface area contributed by atoms with E-state index in [1.54, 1.807) is 30.4 Å². The number of benzene rings is 3. The molecular weight excluding hydrogens is 463 g/mol. The number of ether oxygens (including phenoxy) is 2. The molecule has 0 aliphatic carbocycles. The summed E-state index contributed by atoms with van der Waals surface area (Å²) in [6.07, 6.45) is 0.827. The highest BCUT2D eigenvalue weighted by molar-refractivity contribution is 6.24. The number of para-hydroxylation sites is 2. The van der Waals surface area contributed by atoms with Gasteiger partial charge in [-0.15, -0.1) is 0 Å². The highest BCUT2D eigenvalue weighted by Gasteiger charge is 2.60. The fourth-order valence-electron chi connectivity index (χ4n) is 4.74. The Labute approximate surface area is 208 Å². The van der Waals surface area contributed by atoms with E-state index in [2.05, 4.69) is 6.92 Å². The standard InChI is InChI=1S/C28H27FN2O5/c1-3-4-16-35-22-15-14-18(17-23(22)34-2)25-24-26(36-31(25)19-10-6-5-7-11-19)28(33)30(27(24)32)21-13-9-8-12-20(21)29/h5-15,17,24-26H,3-4,16H2,1-2H3. The fourth-order valence-corrected chi connectivity index (χ4v) is 4.74. The molecule has 5 rings (SSSR count). The Hall–Kier alpha value is -3.91. The molecule has 3 aromatic rings. The summed E-state index contributed by atoms with van der Waals surface area (Å²) >= 11 is 0. The first-order valence-electron chi connectivity index (χ1n) is 12.0. The van der Waals surface area contributed by atoms with E-state index in [1.807, 2.05) is 36.4 Å². The highest BCUT2D eigenvalue weighted by Crippen LogP contribution is 2.48. The van der Waals surface area contributed by atoms with Crippen molar-refractivity contribution in [1.29, 1.82) is 0 Å². The molecule has 2 aliphatic rings. The summed E-state index contributed by atoms with van der Waals surface area (Å²) in [6.45, 7) is 2.65. The first-order valence-corrected chi connectivity index (χ1v) is 12.0. The van der Waals surface area contributed by atoms with Gasteiger partial charge in [-0.25, -0.2) is 14.4 Å². The van der Waals surface area contributed by atoms with Crippen molar-refractivity contribution < 1.29 is 28.3 Å². The van der Waals surface area contributed by atoms with Gasteiger partial charge in [0.15, 0.2) is 17.6 Å². The third kappa shape index (κ3) is 4.07. The van der Waals surface area contributed by atoms with Gasteiger partial charge >= 0.3 is 0 Å². The van der Waals surface area contributed by atoms with E-state index >= 15 is 0 Å². The van der Waals surface area contributed by atoms with Crippen molar-refractivity contribution in [2.24, 2.45) is 5.92 Å². The molecule has 2 fully saturated rings. The summed E-state index contributed by atoms with van der Waals surface area (Å²) in [5.41, 5.74) is 1.33. The number of hydroxylamine groups is 1. The Morgan fingerprint density at radius 1 is 0.944 bits per heavy atom. The quantitative estimate of drug-likeness (QED) is 0.325. The second-order valence-electron chi connectivity index (χ2n) is 8.73. The predicted molar refractivity (Wildman–Crippen MR) is 132 cm³/mol. The van der Waals surface area contributed by atoms with E-state index in [-0.39, 0.29) is 5.69 Å². The zero-order valence-electron chi connectivity index (χ0n) is 20.1. The van der Waals surface area contributed by atoms with Gasteiger partial charge in [-0.05, 0) is 48.4 Å². The van der Waals surface area contributed by atoms with E-state index < -0.39 is 35.7 Å². The minimum atomic E-state index is -1.09. The minimum absolute atomic E-state index is 0.0761. The maximum atomic E-state index is 14.6. The second kappa shape index (κ2) is 9.99. The van der Waals surface area contributed by atoms with E-state index in [4.69, 9.17) is 14.3 Å². The van der Waals surface area contributed by atoms with Gasteiger partial charge < -0.3 is 9.47 Å². The van der Waals surface area contributed by atoms with Crippen LogP contribution in [0.2, 0.25) is 0 Å². The van der Waals surface area contributed by atoms with Crippen LogP contribution in [0.5, 0.6) is 11.5 Å². The molecule has 0 radical (unpaired) electrons. The van der Waals surface area contributed by atoms with Gasteiger partial charge in [0, 0.05) is 0 Å². The lowest BCUT2D eigenvalue weighted by Crippen LogP contribution is -2.37. The molecule has 3 aromatic carbocycles. The topological polar surface area (TPSA) is 68.3 Å². The van der Waals surface area contributed by atoms with Crippen molar-refractivity contribution in [3.8, 4) is 11.5 Å². The van der Waals surface area contributed by atoms with Crippen LogP contribution in [0, 0.1) is 11.7 Å². The zero-order chi connectivity index (χ0) is 25.2. The highest BCUT2D eigenvalue weighted by atomic mass is 19.1. The summed E-state index contributed by atoms with van der Waals surface area (Å²) in [7, 11) is 1.55. The molecule has 0 spiro atoms. The average Bonchev–Trinajstić information content (AvgIpc) is 3.41. The normalized spacial score (nSPS) is 21.1. The number of halogens is 1. The SMILES string of the molecule is CCCCOc1ccc(C2C3C(=O)N(c4ccccc4F)C(=O)C3ON2c2ccccc2)cc1OC. The maximum Gasteiger partial charge on any atom is 0.266 e. The molecule has 0 aromatic heterocycles. The lowest BCUT2D eigenvalue weighted by atomic mass is 9.90. The largest absolute Gasteiger partial charge is 0.493 e. The maximum absolute atomic E-state index is 14.6. The molecule has 0 bridgehead atoms. The lowest BCUT2D eigenvalue weighted by Gasteiger charge is -2.29. The van der Waals surface area contributed by atoms with Crippen LogP contribution in [-0.2, 0) is 14.4 Å². The van der Waals surface area contributed by atoms with Crippen molar-refractivity contribution >= 4 is 23.2 Å². The predicted octanol–water partition coefficient (Wildman–Crippen LogP) is 5.06. The molecule has 0 N–H and O–H groups in total. The van der Waals surface area contributed by atoms with Gasteiger partial charge in [0.1, 0.15) is 11.7 Å². The van der Waals surface area contributed by atoms with Crippen LogP contribution >= 0.6 is 0 Å². The van der Waals surface area contributed by atoms with Crippen molar-refractivity contribution in [3.05, 3.63) is 84.2 Å². The minimum Gasteiger partial charge on any atom is -0.493 e. The summed E-state index contributed by atoms with van der Waals surface area (Å²) in [5, 5.41) is 1.59. The molecule has 2 saturated heterocycles. The van der Waals surface area contributed by atoms with Crippen molar-refractivity contribution in [3.63, 3.8) is 0 Å². The van der Waals surface area contributed by atoms with Crippen LogP contribution in [0.3, 0.4) is 0 Å². The Morgan fingerprint density at radius 2 is 1.69 bits per heavy atom. The Balaban J connectivity index is 1.56. The Morgan fingerprint density at radius 3 is 2.42 bits per heavy atom. The van der Waals surface area contributed by atoms with Gasteiger partial charge in [-0.3, -0.25) is 14.4 Å². The van der Waals surface area contributed by atoms with E-state index in [0.717, 1.165) is 17.7 Å². The van der Waals surface area contributed by atoms with Crippen LogP contribution in [0.15, 0.2) is 72.8 Å². The van der Waals surface area contributed by atoms with E-state index in [0.29, 0.717) is 29.4 Å². The van der Waals surface area contributed by atoms with Crippen LogP contribution in [0.1, 0.15) is 31.4 Å². The summed E-state index contributed by atoms with van der Waals surface area (Å²) in [6, 6.07) is 19.8. The number of amides is 2. The van der Waals surface area contributed by atoms with E-state index in [1.165, 1.54) is 18.2 Å². The number of nitrogens with zero attached hydrogens (tertiary/aromatic N) is 2. The lowest BCUT2D eigenvalue weighted by molar-refractivity contribution is -0.126. The van der Waals surface area contributed by atoms with Crippen LogP contribution in [0.25, 0.3) is 0 Å². The first-order chi connectivity index (χ1) is 17.5. The number of hydrogen-bond donors (Lipinski definition) is 0. The van der Waals surface area contributed by atoms with Crippen LogP contribution < -0.4 is 19.4 Å². The zero-order valence-corrected chi connectivity index (χ0v) is 20.1. The molecule has 2 amide bonds. The Bertz CT molecular complexity index is 1270.